The Labute approximate surface area is 100 Å². The van der Waals surface area contributed by atoms with E-state index in [1.54, 1.807) is 24.3 Å². The molecule has 1 aliphatic rings. The third-order valence-corrected chi connectivity index (χ3v) is 3.44. The van der Waals surface area contributed by atoms with Crippen molar-refractivity contribution in [1.29, 1.82) is 0 Å². The molecule has 1 heterocycles. The number of carbonyl (C=O) groups is 3. The molecule has 1 aliphatic heterocycles. The highest BCUT2D eigenvalue weighted by atomic mass is 79.9. The Bertz CT molecular complexity index is 463. The second-order valence-electron chi connectivity index (χ2n) is 3.47. The topological polar surface area (TPSA) is 54.5 Å². The van der Waals surface area contributed by atoms with Crippen LogP contribution in [0, 0.1) is 0 Å². The van der Waals surface area contributed by atoms with Crippen molar-refractivity contribution >= 4 is 33.5 Å². The summed E-state index contributed by atoms with van der Waals surface area (Å²) in [5.41, 5.74) is 0.691. The van der Waals surface area contributed by atoms with Crippen LogP contribution >= 0.6 is 15.9 Å². The summed E-state index contributed by atoms with van der Waals surface area (Å²) in [4.78, 5) is 35.0. The number of fused-ring (bicyclic) bond motifs is 1. The van der Waals surface area contributed by atoms with Crippen molar-refractivity contribution in [3.63, 3.8) is 0 Å². The standard InChI is InChI=1S/C11H8BrNO3/c1-6(14)9(12)13-10(15)7-4-2-3-5-8(7)11(13)16/h2-5,9H,1H3/t9-/m1/s1. The number of halogens is 1. The highest BCUT2D eigenvalue weighted by molar-refractivity contribution is 9.10. The molecule has 0 aliphatic carbocycles. The number of ketones is 1. The van der Waals surface area contributed by atoms with Gasteiger partial charge in [-0.1, -0.05) is 28.1 Å². The molecule has 1 atom stereocenters. The van der Waals surface area contributed by atoms with Crippen molar-refractivity contribution in [1.82, 2.24) is 4.90 Å². The number of Topliss-reactive ketones (excluding diaryl/α,β-unsaturated/α-hetero) is 1. The lowest BCUT2D eigenvalue weighted by atomic mass is 10.1. The molecule has 1 aromatic carbocycles. The molecule has 0 spiro atoms. The van der Waals surface area contributed by atoms with E-state index in [0.717, 1.165) is 4.90 Å². The number of carbonyl (C=O) groups excluding carboxylic acids is 3. The van der Waals surface area contributed by atoms with Crippen LogP contribution < -0.4 is 0 Å². The van der Waals surface area contributed by atoms with Crippen LogP contribution in [-0.2, 0) is 4.79 Å². The third kappa shape index (κ3) is 1.48. The Hall–Kier alpha value is -1.49. The van der Waals surface area contributed by atoms with Gasteiger partial charge in [-0.25, -0.2) is 0 Å². The first kappa shape index (κ1) is 11.0. The largest absolute Gasteiger partial charge is 0.297 e. The lowest BCUT2D eigenvalue weighted by Crippen LogP contribution is -2.40. The van der Waals surface area contributed by atoms with Gasteiger partial charge < -0.3 is 0 Å². The van der Waals surface area contributed by atoms with Crippen molar-refractivity contribution < 1.29 is 14.4 Å². The van der Waals surface area contributed by atoms with Gasteiger partial charge in [0.15, 0.2) is 10.7 Å². The normalized spacial score (nSPS) is 16.2. The maximum absolute atomic E-state index is 11.9. The SMILES string of the molecule is CC(=O)[C@H](Br)N1C(=O)c2ccccc2C1=O. The number of benzene rings is 1. The zero-order chi connectivity index (χ0) is 11.9. The van der Waals surface area contributed by atoms with Crippen molar-refractivity contribution in [3.05, 3.63) is 35.4 Å². The fourth-order valence-corrected chi connectivity index (χ4v) is 1.97. The molecule has 0 saturated heterocycles. The number of amides is 2. The molecule has 5 heteroatoms. The molecular weight excluding hydrogens is 274 g/mol. The molecule has 82 valence electrons. The first-order chi connectivity index (χ1) is 7.54. The van der Waals surface area contributed by atoms with Gasteiger partial charge in [-0.05, 0) is 19.1 Å². The van der Waals surface area contributed by atoms with Crippen LogP contribution in [0.5, 0.6) is 0 Å². The van der Waals surface area contributed by atoms with Crippen molar-refractivity contribution in [2.45, 2.75) is 11.9 Å². The summed E-state index contributed by atoms with van der Waals surface area (Å²) in [5, 5.41) is 0. The second-order valence-corrected chi connectivity index (χ2v) is 4.34. The number of hydrogen-bond acceptors (Lipinski definition) is 3. The van der Waals surface area contributed by atoms with Crippen LogP contribution in [0.3, 0.4) is 0 Å². The van der Waals surface area contributed by atoms with Crippen LogP contribution in [-0.4, -0.2) is 27.4 Å². The summed E-state index contributed by atoms with van der Waals surface area (Å²) in [6.07, 6.45) is 0. The molecule has 0 fully saturated rings. The molecule has 0 radical (unpaired) electrons. The zero-order valence-corrected chi connectivity index (χ0v) is 10.0. The van der Waals surface area contributed by atoms with Gasteiger partial charge in [-0.2, -0.15) is 0 Å². The molecule has 2 amide bonds. The maximum atomic E-state index is 11.9. The summed E-state index contributed by atoms with van der Waals surface area (Å²) < 4.78 is 0. The predicted molar refractivity (Wildman–Crippen MR) is 60.3 cm³/mol. The van der Waals surface area contributed by atoms with Crippen molar-refractivity contribution in [2.75, 3.05) is 0 Å². The van der Waals surface area contributed by atoms with Gasteiger partial charge in [0.2, 0.25) is 0 Å². The minimum atomic E-state index is -0.889. The average Bonchev–Trinajstić information content (AvgIpc) is 2.52. The number of alkyl halides is 1. The molecular formula is C11H8BrNO3. The van der Waals surface area contributed by atoms with Gasteiger partial charge in [0.1, 0.15) is 0 Å². The molecule has 0 unspecified atom stereocenters. The summed E-state index contributed by atoms with van der Waals surface area (Å²) in [7, 11) is 0. The first-order valence-electron chi connectivity index (χ1n) is 4.65. The van der Waals surface area contributed by atoms with E-state index in [0.29, 0.717) is 11.1 Å². The fourth-order valence-electron chi connectivity index (χ4n) is 1.60. The number of imide groups is 1. The van der Waals surface area contributed by atoms with Gasteiger partial charge in [0.25, 0.3) is 11.8 Å². The number of hydrogen-bond donors (Lipinski definition) is 0. The van der Waals surface area contributed by atoms with Crippen LogP contribution in [0.4, 0.5) is 0 Å². The third-order valence-electron chi connectivity index (χ3n) is 2.39. The first-order valence-corrected chi connectivity index (χ1v) is 5.57. The maximum Gasteiger partial charge on any atom is 0.262 e. The van der Waals surface area contributed by atoms with Gasteiger partial charge in [0.05, 0.1) is 11.1 Å². The molecule has 2 rings (SSSR count). The molecule has 1 aromatic rings. The van der Waals surface area contributed by atoms with E-state index < -0.39 is 16.8 Å². The van der Waals surface area contributed by atoms with Crippen LogP contribution in [0.15, 0.2) is 24.3 Å². The van der Waals surface area contributed by atoms with E-state index in [1.807, 2.05) is 0 Å². The van der Waals surface area contributed by atoms with E-state index >= 15 is 0 Å². The minimum absolute atomic E-state index is 0.283. The smallest absolute Gasteiger partial charge is 0.262 e. The summed E-state index contributed by atoms with van der Waals surface area (Å²) in [5.74, 6) is -1.15. The molecule has 0 N–H and O–H groups in total. The van der Waals surface area contributed by atoms with E-state index in [9.17, 15) is 14.4 Å². The Balaban J connectivity index is 2.46. The van der Waals surface area contributed by atoms with Gasteiger partial charge >= 0.3 is 0 Å². The Kier molecular flexibility index (Phi) is 2.63. The number of nitrogens with zero attached hydrogens (tertiary/aromatic N) is 1. The Morgan fingerprint density at radius 1 is 1.19 bits per heavy atom. The van der Waals surface area contributed by atoms with E-state index in [4.69, 9.17) is 0 Å². The predicted octanol–water partition coefficient (Wildman–Crippen LogP) is 1.59. The number of rotatable bonds is 2. The molecule has 0 bridgehead atoms. The Morgan fingerprint density at radius 3 is 2.00 bits per heavy atom. The summed E-state index contributed by atoms with van der Waals surface area (Å²) in [6.45, 7) is 1.32. The molecule has 4 nitrogen and oxygen atoms in total. The summed E-state index contributed by atoms with van der Waals surface area (Å²) >= 11 is 3.04. The van der Waals surface area contributed by atoms with Crippen LogP contribution in [0.2, 0.25) is 0 Å². The van der Waals surface area contributed by atoms with Crippen LogP contribution in [0.1, 0.15) is 27.6 Å². The molecule has 0 saturated carbocycles. The second kappa shape index (κ2) is 3.83. The monoisotopic (exact) mass is 281 g/mol. The quantitative estimate of drug-likeness (QED) is 0.470. The highest BCUT2D eigenvalue weighted by Crippen LogP contribution is 2.26. The Morgan fingerprint density at radius 2 is 1.62 bits per heavy atom. The molecule has 0 aromatic heterocycles. The van der Waals surface area contributed by atoms with Gasteiger partial charge in [-0.3, -0.25) is 19.3 Å². The molecule has 16 heavy (non-hydrogen) atoms. The lowest BCUT2D eigenvalue weighted by molar-refractivity contribution is -0.118. The van der Waals surface area contributed by atoms with Gasteiger partial charge in [-0.15, -0.1) is 0 Å². The van der Waals surface area contributed by atoms with E-state index in [1.165, 1.54) is 6.92 Å². The van der Waals surface area contributed by atoms with Crippen molar-refractivity contribution in [2.24, 2.45) is 0 Å². The fraction of sp³-hybridized carbons (Fsp3) is 0.182. The minimum Gasteiger partial charge on any atom is -0.297 e. The van der Waals surface area contributed by atoms with E-state index in [-0.39, 0.29) is 5.78 Å². The van der Waals surface area contributed by atoms with Crippen LogP contribution in [0.25, 0.3) is 0 Å². The summed E-state index contributed by atoms with van der Waals surface area (Å²) in [6, 6.07) is 6.53. The lowest BCUT2D eigenvalue weighted by Gasteiger charge is -2.17. The average molecular weight is 282 g/mol. The zero-order valence-electron chi connectivity index (χ0n) is 8.44. The van der Waals surface area contributed by atoms with Crippen molar-refractivity contribution in [3.8, 4) is 0 Å². The van der Waals surface area contributed by atoms with E-state index in [2.05, 4.69) is 15.9 Å². The van der Waals surface area contributed by atoms with Gasteiger partial charge in [0, 0.05) is 0 Å². The highest BCUT2D eigenvalue weighted by Gasteiger charge is 2.40.